The first-order valence-corrected chi connectivity index (χ1v) is 22.9. The molecular formula is C40H50N2O6S4. The molecule has 0 radical (unpaired) electrons. The Morgan fingerprint density at radius 3 is 1.27 bits per heavy atom. The molecule has 4 heterocycles. The van der Waals surface area contributed by atoms with Gasteiger partial charge in [-0.1, -0.05) is 65.8 Å². The number of thiophene rings is 2. The minimum Gasteiger partial charge on any atom is -0.305 e. The smallest absolute Gasteiger partial charge is 0.178 e. The maximum Gasteiger partial charge on any atom is 0.178 e. The molecule has 0 saturated heterocycles. The molecule has 6 rings (SSSR count). The number of carbonyl (C=O) groups is 2. The molecule has 4 aromatic rings. The Labute approximate surface area is 317 Å². The summed E-state index contributed by atoms with van der Waals surface area (Å²) in [5, 5.41) is 7.04. The number of sulfone groups is 2. The minimum absolute atomic E-state index is 0.0839. The second-order valence-electron chi connectivity index (χ2n) is 14.3. The molecule has 0 aliphatic carbocycles. The molecule has 0 saturated carbocycles. The first-order valence-electron chi connectivity index (χ1n) is 18.0. The summed E-state index contributed by atoms with van der Waals surface area (Å²) in [7, 11) is -6.38. The van der Waals surface area contributed by atoms with Crippen molar-refractivity contribution in [2.45, 2.75) is 102 Å². The van der Waals surface area contributed by atoms with E-state index >= 15 is 0 Å². The predicted octanol–water partition coefficient (Wildman–Crippen LogP) is 7.39. The van der Waals surface area contributed by atoms with Crippen LogP contribution in [0.3, 0.4) is 0 Å². The summed E-state index contributed by atoms with van der Waals surface area (Å²) in [5.41, 5.74) is 4.36. The Hall–Kier alpha value is -3.00. The van der Waals surface area contributed by atoms with Crippen LogP contribution in [0.1, 0.15) is 95.4 Å². The molecule has 12 heteroatoms. The monoisotopic (exact) mass is 782 g/mol. The van der Waals surface area contributed by atoms with Crippen LogP contribution >= 0.6 is 22.7 Å². The fourth-order valence-corrected chi connectivity index (χ4v) is 11.3. The maximum atomic E-state index is 12.4. The van der Waals surface area contributed by atoms with Gasteiger partial charge in [-0.3, -0.25) is 9.59 Å². The van der Waals surface area contributed by atoms with E-state index in [9.17, 15) is 26.4 Å². The summed E-state index contributed by atoms with van der Waals surface area (Å²) >= 11 is 3.49. The van der Waals surface area contributed by atoms with Gasteiger partial charge in [-0.15, -0.1) is 22.7 Å². The molecule has 2 aliphatic rings. The van der Waals surface area contributed by atoms with Crippen LogP contribution in [0, 0.1) is 11.8 Å². The van der Waals surface area contributed by atoms with Crippen LogP contribution in [-0.4, -0.2) is 39.9 Å². The molecule has 52 heavy (non-hydrogen) atoms. The van der Waals surface area contributed by atoms with E-state index in [1.807, 2.05) is 0 Å². The van der Waals surface area contributed by atoms with Gasteiger partial charge in [0.05, 0.1) is 21.3 Å². The molecular weight excluding hydrogens is 733 g/mol. The number of hydrogen-bond acceptors (Lipinski definition) is 10. The zero-order valence-corrected chi connectivity index (χ0v) is 34.1. The molecule has 2 unspecified atom stereocenters. The van der Waals surface area contributed by atoms with Crippen LogP contribution in [0.15, 0.2) is 70.5 Å². The second kappa shape index (κ2) is 17.0. The highest BCUT2D eigenvalue weighted by Gasteiger charge is 2.29. The van der Waals surface area contributed by atoms with E-state index in [-0.39, 0.29) is 23.1 Å². The van der Waals surface area contributed by atoms with E-state index in [1.54, 1.807) is 85.1 Å². The molecule has 2 aliphatic heterocycles. The second-order valence-corrected chi connectivity index (χ2v) is 21.2. The Morgan fingerprint density at radius 2 is 0.962 bits per heavy atom. The van der Waals surface area contributed by atoms with Crippen LogP contribution < -0.4 is 10.6 Å². The van der Waals surface area contributed by atoms with E-state index in [0.717, 1.165) is 34.0 Å². The number of Topliss-reactive ketones (excluding diaryl/α,β-unsaturated/α-hetero) is 2. The molecule has 8 nitrogen and oxygen atoms in total. The summed E-state index contributed by atoms with van der Waals surface area (Å²) in [4.78, 5) is 30.5. The number of carbonyl (C=O) groups excluding carboxylic acids is 2. The topological polar surface area (TPSA) is 126 Å². The van der Waals surface area contributed by atoms with Gasteiger partial charge in [-0.2, -0.15) is 0 Å². The predicted molar refractivity (Wildman–Crippen MR) is 211 cm³/mol. The summed E-state index contributed by atoms with van der Waals surface area (Å²) in [6, 6.07) is 18.5. The highest BCUT2D eigenvalue weighted by atomic mass is 32.2. The van der Waals surface area contributed by atoms with Crippen molar-refractivity contribution >= 4 is 53.9 Å². The largest absolute Gasteiger partial charge is 0.305 e. The summed E-state index contributed by atoms with van der Waals surface area (Å²) < 4.78 is 47.4. The van der Waals surface area contributed by atoms with Crippen LogP contribution in [-0.2, 0) is 68.0 Å². The van der Waals surface area contributed by atoms with Crippen molar-refractivity contribution in [1.29, 1.82) is 0 Å². The van der Waals surface area contributed by atoms with Crippen molar-refractivity contribution in [2.75, 3.05) is 11.5 Å². The number of hydrogen-bond donors (Lipinski definition) is 2. The van der Waals surface area contributed by atoms with Crippen molar-refractivity contribution in [3.05, 3.63) is 102 Å². The average Bonchev–Trinajstić information content (AvgIpc) is 3.87. The lowest BCUT2D eigenvalue weighted by molar-refractivity contribution is -0.118. The summed E-state index contributed by atoms with van der Waals surface area (Å²) in [6.45, 7) is 13.9. The number of rotatable bonds is 14. The molecule has 2 aromatic carbocycles. The summed E-state index contributed by atoms with van der Waals surface area (Å²) in [5.74, 6) is 1.56. The van der Waals surface area contributed by atoms with Crippen molar-refractivity contribution in [3.8, 4) is 0 Å². The van der Waals surface area contributed by atoms with E-state index < -0.39 is 19.7 Å². The minimum atomic E-state index is -3.19. The van der Waals surface area contributed by atoms with Gasteiger partial charge in [0.1, 0.15) is 11.6 Å². The maximum absolute atomic E-state index is 12.4. The Balaban J connectivity index is 0.000000201. The number of nitrogens with one attached hydrogen (secondary N) is 2. The van der Waals surface area contributed by atoms with Crippen LogP contribution in [0.4, 0.5) is 0 Å². The molecule has 0 fully saturated rings. The Kier molecular flexibility index (Phi) is 13.1. The lowest BCUT2D eigenvalue weighted by Crippen LogP contribution is -2.17. The molecule has 0 amide bonds. The molecule has 2 aromatic heterocycles. The standard InChI is InChI=1S/2C20H25NO3S2/c2*1-4-26(23,24)18-7-5-14(6-8-18)9-16(22)11-17-10-15-12-21-19(13(2)3)20(15)25-17/h2*5-8,10,13,19,21H,4,9,11-12H2,1-3H3. The van der Waals surface area contributed by atoms with Gasteiger partial charge < -0.3 is 10.6 Å². The fraction of sp³-hybridized carbons (Fsp3) is 0.450. The molecule has 0 bridgehead atoms. The third kappa shape index (κ3) is 9.75. The number of benzene rings is 2. The summed E-state index contributed by atoms with van der Waals surface area (Å²) in [6.07, 6.45) is 1.55. The Morgan fingerprint density at radius 1 is 0.615 bits per heavy atom. The zero-order chi connectivity index (χ0) is 37.8. The average molecular weight is 783 g/mol. The SMILES string of the molecule is CCS(=O)(=O)c1ccc(CC(=O)Cc2cc3c(s2)C(C(C)C)NC3)cc1.CCS(=O)(=O)c1ccc(CC(=O)Cc2cc3c(s2)C(C(C)C)NC3)cc1. The third-order valence-electron chi connectivity index (χ3n) is 9.58. The Bertz CT molecular complexity index is 1940. The third-order valence-corrected chi connectivity index (χ3v) is 15.6. The van der Waals surface area contributed by atoms with Crippen LogP contribution in [0.5, 0.6) is 0 Å². The lowest BCUT2D eigenvalue weighted by Gasteiger charge is -2.14. The quantitative estimate of drug-likeness (QED) is 0.136. The van der Waals surface area contributed by atoms with Crippen molar-refractivity contribution in [2.24, 2.45) is 11.8 Å². The number of fused-ring (bicyclic) bond motifs is 2. The van der Waals surface area contributed by atoms with Crippen molar-refractivity contribution in [3.63, 3.8) is 0 Å². The van der Waals surface area contributed by atoms with Gasteiger partial charge in [0, 0.05) is 70.4 Å². The number of ketones is 2. The van der Waals surface area contributed by atoms with Crippen LogP contribution in [0.2, 0.25) is 0 Å². The van der Waals surface area contributed by atoms with E-state index in [4.69, 9.17) is 0 Å². The highest BCUT2D eigenvalue weighted by Crippen LogP contribution is 2.38. The van der Waals surface area contributed by atoms with E-state index in [2.05, 4.69) is 50.5 Å². The van der Waals surface area contributed by atoms with Crippen LogP contribution in [0.25, 0.3) is 0 Å². The molecule has 2 N–H and O–H groups in total. The van der Waals surface area contributed by atoms with Gasteiger partial charge in [-0.05, 0) is 70.5 Å². The fourth-order valence-electron chi connectivity index (χ4n) is 6.61. The molecule has 280 valence electrons. The molecule has 2 atom stereocenters. The normalized spacial score (nSPS) is 16.8. The van der Waals surface area contributed by atoms with Gasteiger partial charge in [0.25, 0.3) is 0 Å². The van der Waals surface area contributed by atoms with Gasteiger partial charge in [0.15, 0.2) is 19.7 Å². The first kappa shape index (κ1) is 40.2. The lowest BCUT2D eigenvalue weighted by atomic mass is 10.0. The zero-order valence-electron chi connectivity index (χ0n) is 30.8. The van der Waals surface area contributed by atoms with Gasteiger partial charge >= 0.3 is 0 Å². The first-order chi connectivity index (χ1) is 24.6. The van der Waals surface area contributed by atoms with Crippen molar-refractivity contribution < 1.29 is 26.4 Å². The highest BCUT2D eigenvalue weighted by molar-refractivity contribution is 7.91. The van der Waals surface area contributed by atoms with E-state index in [1.165, 1.54) is 20.9 Å². The van der Waals surface area contributed by atoms with Crippen molar-refractivity contribution in [1.82, 2.24) is 10.6 Å². The van der Waals surface area contributed by atoms with E-state index in [0.29, 0.717) is 59.4 Å². The van der Waals surface area contributed by atoms with Gasteiger partial charge in [0.2, 0.25) is 0 Å². The molecule has 0 spiro atoms. The van der Waals surface area contributed by atoms with Gasteiger partial charge in [-0.25, -0.2) is 16.8 Å².